The van der Waals surface area contributed by atoms with E-state index in [4.69, 9.17) is 21.1 Å². The molecule has 0 bridgehead atoms. The Bertz CT molecular complexity index is 956. The van der Waals surface area contributed by atoms with Crippen molar-refractivity contribution in [1.29, 1.82) is 0 Å². The van der Waals surface area contributed by atoms with E-state index in [1.165, 1.54) is 22.4 Å². The van der Waals surface area contributed by atoms with Crippen molar-refractivity contribution >= 4 is 34.7 Å². The fourth-order valence-corrected chi connectivity index (χ4v) is 3.73. The SMILES string of the molecule is CN(C(=O)c1ccc(-c2ccc3c(c2)OCCO3)s1)c1ccc(Cl)cn1. The monoisotopic (exact) mass is 386 g/mol. The van der Waals surface area contributed by atoms with Gasteiger partial charge in [-0.25, -0.2) is 4.98 Å². The Labute approximate surface area is 159 Å². The van der Waals surface area contributed by atoms with Crippen LogP contribution >= 0.6 is 22.9 Å². The molecule has 2 aromatic heterocycles. The Morgan fingerprint density at radius 1 is 1.12 bits per heavy atom. The first-order valence-corrected chi connectivity index (χ1v) is 9.21. The summed E-state index contributed by atoms with van der Waals surface area (Å²) < 4.78 is 11.2. The molecule has 0 N–H and O–H groups in total. The van der Waals surface area contributed by atoms with Crippen molar-refractivity contribution in [1.82, 2.24) is 4.98 Å². The lowest BCUT2D eigenvalue weighted by molar-refractivity contribution is 0.0996. The number of fused-ring (bicyclic) bond motifs is 1. The fourth-order valence-electron chi connectivity index (χ4n) is 2.64. The van der Waals surface area contributed by atoms with E-state index in [9.17, 15) is 4.79 Å². The average molecular weight is 387 g/mol. The molecule has 0 fully saturated rings. The van der Waals surface area contributed by atoms with Crippen molar-refractivity contribution in [3.8, 4) is 21.9 Å². The highest BCUT2D eigenvalue weighted by atomic mass is 35.5. The topological polar surface area (TPSA) is 51.7 Å². The number of carbonyl (C=O) groups is 1. The van der Waals surface area contributed by atoms with Gasteiger partial charge in [-0.2, -0.15) is 0 Å². The predicted molar refractivity (Wildman–Crippen MR) is 103 cm³/mol. The molecular formula is C19H15ClN2O3S. The van der Waals surface area contributed by atoms with E-state index in [0.29, 0.717) is 28.9 Å². The first kappa shape index (κ1) is 16.9. The van der Waals surface area contributed by atoms with Crippen molar-refractivity contribution in [2.45, 2.75) is 0 Å². The summed E-state index contributed by atoms with van der Waals surface area (Å²) in [6.07, 6.45) is 1.52. The molecule has 1 aliphatic heterocycles. The number of aromatic nitrogens is 1. The Morgan fingerprint density at radius 2 is 1.92 bits per heavy atom. The van der Waals surface area contributed by atoms with Gasteiger partial charge < -0.3 is 9.47 Å². The van der Waals surface area contributed by atoms with Gasteiger partial charge in [0.1, 0.15) is 19.0 Å². The Kier molecular flexibility index (Phi) is 4.53. The molecule has 1 amide bonds. The highest BCUT2D eigenvalue weighted by molar-refractivity contribution is 7.17. The number of pyridine rings is 1. The van der Waals surface area contributed by atoms with Crippen LogP contribution in [0.15, 0.2) is 48.7 Å². The van der Waals surface area contributed by atoms with Gasteiger partial charge in [-0.05, 0) is 48.0 Å². The number of amides is 1. The van der Waals surface area contributed by atoms with Crippen LogP contribution in [-0.2, 0) is 0 Å². The molecule has 4 rings (SSSR count). The first-order chi connectivity index (χ1) is 12.6. The smallest absolute Gasteiger partial charge is 0.269 e. The molecule has 5 nitrogen and oxygen atoms in total. The van der Waals surface area contributed by atoms with Crippen molar-refractivity contribution < 1.29 is 14.3 Å². The van der Waals surface area contributed by atoms with E-state index >= 15 is 0 Å². The molecule has 0 saturated carbocycles. The fraction of sp³-hybridized carbons (Fsp3) is 0.158. The molecule has 3 aromatic rings. The second-order valence-corrected chi connectivity index (χ2v) is 7.24. The summed E-state index contributed by atoms with van der Waals surface area (Å²) >= 11 is 7.28. The van der Waals surface area contributed by atoms with E-state index in [2.05, 4.69) is 4.98 Å². The minimum Gasteiger partial charge on any atom is -0.486 e. The highest BCUT2D eigenvalue weighted by Gasteiger charge is 2.18. The molecule has 1 aliphatic rings. The van der Waals surface area contributed by atoms with Gasteiger partial charge in [-0.15, -0.1) is 11.3 Å². The summed E-state index contributed by atoms with van der Waals surface area (Å²) in [5.41, 5.74) is 0.991. The van der Waals surface area contributed by atoms with Crippen molar-refractivity contribution in [2.75, 3.05) is 25.2 Å². The molecule has 132 valence electrons. The van der Waals surface area contributed by atoms with E-state index in [-0.39, 0.29) is 5.91 Å². The van der Waals surface area contributed by atoms with Crippen molar-refractivity contribution in [2.24, 2.45) is 0 Å². The third kappa shape index (κ3) is 3.25. The average Bonchev–Trinajstić information content (AvgIpc) is 3.17. The van der Waals surface area contributed by atoms with Crippen LogP contribution in [0.2, 0.25) is 5.02 Å². The number of hydrogen-bond acceptors (Lipinski definition) is 5. The number of rotatable bonds is 3. The summed E-state index contributed by atoms with van der Waals surface area (Å²) in [6, 6.07) is 13.0. The first-order valence-electron chi connectivity index (χ1n) is 8.01. The molecular weight excluding hydrogens is 372 g/mol. The molecule has 0 aliphatic carbocycles. The van der Waals surface area contributed by atoms with Crippen LogP contribution in [0.25, 0.3) is 10.4 Å². The Morgan fingerprint density at radius 3 is 2.69 bits per heavy atom. The summed E-state index contributed by atoms with van der Waals surface area (Å²) in [5, 5.41) is 0.534. The van der Waals surface area contributed by atoms with Gasteiger partial charge in [0.05, 0.1) is 9.90 Å². The molecule has 1 aromatic carbocycles. The molecule has 0 atom stereocenters. The molecule has 0 unspecified atom stereocenters. The third-order valence-electron chi connectivity index (χ3n) is 4.00. The summed E-state index contributed by atoms with van der Waals surface area (Å²) in [7, 11) is 1.70. The van der Waals surface area contributed by atoms with Crippen molar-refractivity contribution in [3.05, 3.63) is 58.6 Å². The van der Waals surface area contributed by atoms with E-state index in [1.54, 1.807) is 19.2 Å². The van der Waals surface area contributed by atoms with Crippen LogP contribution in [0.3, 0.4) is 0 Å². The zero-order valence-corrected chi connectivity index (χ0v) is 15.5. The maximum Gasteiger partial charge on any atom is 0.269 e. The molecule has 0 saturated heterocycles. The van der Waals surface area contributed by atoms with E-state index in [1.807, 2.05) is 30.3 Å². The minimum atomic E-state index is -0.117. The van der Waals surface area contributed by atoms with Crippen LogP contribution in [-0.4, -0.2) is 31.2 Å². The lowest BCUT2D eigenvalue weighted by Gasteiger charge is -2.18. The van der Waals surface area contributed by atoms with Gasteiger partial charge in [-0.1, -0.05) is 11.6 Å². The number of hydrogen-bond donors (Lipinski definition) is 0. The van der Waals surface area contributed by atoms with Crippen molar-refractivity contribution in [3.63, 3.8) is 0 Å². The molecule has 3 heterocycles. The molecule has 0 spiro atoms. The third-order valence-corrected chi connectivity index (χ3v) is 5.35. The lowest BCUT2D eigenvalue weighted by atomic mass is 10.1. The van der Waals surface area contributed by atoms with Crippen LogP contribution in [0.4, 0.5) is 5.82 Å². The standard InChI is InChI=1S/C19H15ClN2O3S/c1-22(18-7-3-13(20)11-21-18)19(23)17-6-5-16(26-17)12-2-4-14-15(10-12)25-9-8-24-14/h2-7,10-11H,8-9H2,1H3. The van der Waals surface area contributed by atoms with Gasteiger partial charge in [-0.3, -0.25) is 9.69 Å². The number of anilines is 1. The number of nitrogens with zero attached hydrogens (tertiary/aromatic N) is 2. The maximum atomic E-state index is 12.7. The number of benzene rings is 1. The summed E-state index contributed by atoms with van der Waals surface area (Å²) in [4.78, 5) is 20.0. The van der Waals surface area contributed by atoms with Crippen LogP contribution in [0.5, 0.6) is 11.5 Å². The number of ether oxygens (including phenoxy) is 2. The second-order valence-electron chi connectivity index (χ2n) is 5.72. The highest BCUT2D eigenvalue weighted by Crippen LogP contribution is 2.37. The van der Waals surface area contributed by atoms with Crippen LogP contribution in [0.1, 0.15) is 9.67 Å². The molecule has 7 heteroatoms. The Hall–Kier alpha value is -2.57. The quantitative estimate of drug-likeness (QED) is 0.664. The summed E-state index contributed by atoms with van der Waals surface area (Å²) in [6.45, 7) is 1.11. The zero-order chi connectivity index (χ0) is 18.1. The van der Waals surface area contributed by atoms with Gasteiger partial charge >= 0.3 is 0 Å². The number of carbonyl (C=O) groups excluding carboxylic acids is 1. The lowest BCUT2D eigenvalue weighted by Crippen LogP contribution is -2.26. The summed E-state index contributed by atoms with van der Waals surface area (Å²) in [5.74, 6) is 1.92. The van der Waals surface area contributed by atoms with Crippen LogP contribution < -0.4 is 14.4 Å². The largest absolute Gasteiger partial charge is 0.486 e. The van der Waals surface area contributed by atoms with Gasteiger partial charge in [0.2, 0.25) is 0 Å². The predicted octanol–water partition coefficient (Wildman–Crippen LogP) is 4.51. The van der Waals surface area contributed by atoms with Gasteiger partial charge in [0.25, 0.3) is 5.91 Å². The normalized spacial score (nSPS) is 12.7. The zero-order valence-electron chi connectivity index (χ0n) is 13.9. The Balaban J connectivity index is 1.57. The van der Waals surface area contributed by atoms with Crippen LogP contribution in [0, 0.1) is 0 Å². The van der Waals surface area contributed by atoms with E-state index < -0.39 is 0 Å². The minimum absolute atomic E-state index is 0.117. The molecule has 0 radical (unpaired) electrons. The van der Waals surface area contributed by atoms with E-state index in [0.717, 1.165) is 21.9 Å². The maximum absolute atomic E-state index is 12.7. The van der Waals surface area contributed by atoms with Gasteiger partial charge in [0.15, 0.2) is 11.5 Å². The number of thiophene rings is 1. The van der Waals surface area contributed by atoms with Gasteiger partial charge in [0, 0.05) is 18.1 Å². The number of halogens is 1. The molecule has 26 heavy (non-hydrogen) atoms. The second kappa shape index (κ2) is 6.97.